The van der Waals surface area contributed by atoms with Crippen LogP contribution in [-0.4, -0.2) is 67.5 Å². The molecule has 1 N–H and O–H groups in total. The zero-order valence-electron chi connectivity index (χ0n) is 15.2. The van der Waals surface area contributed by atoms with E-state index in [0.29, 0.717) is 25.4 Å². The monoisotopic (exact) mass is 360 g/mol. The van der Waals surface area contributed by atoms with Gasteiger partial charge in [0.2, 0.25) is 0 Å². The van der Waals surface area contributed by atoms with E-state index in [4.69, 9.17) is 9.47 Å². The lowest BCUT2D eigenvalue weighted by Crippen LogP contribution is -2.44. The normalized spacial score (nSPS) is 22.2. The van der Waals surface area contributed by atoms with Gasteiger partial charge in [0.25, 0.3) is 0 Å². The fourth-order valence-electron chi connectivity index (χ4n) is 3.69. The van der Waals surface area contributed by atoms with Crippen LogP contribution in [-0.2, 0) is 9.47 Å². The maximum atomic E-state index is 12.7. The maximum absolute atomic E-state index is 12.7. The summed E-state index contributed by atoms with van der Waals surface area (Å²) in [5, 5.41) is 3.06. The predicted molar refractivity (Wildman–Crippen MR) is 99.6 cm³/mol. The van der Waals surface area contributed by atoms with Crippen molar-refractivity contribution >= 4 is 17.5 Å². The number of anilines is 2. The number of rotatable bonds is 4. The molecule has 0 aromatic carbocycles. The summed E-state index contributed by atoms with van der Waals surface area (Å²) in [6.07, 6.45) is 8.09. The number of hydrogen-bond donors (Lipinski definition) is 1. The molecule has 1 saturated carbocycles. The number of hydrogen-bond acceptors (Lipinski definition) is 5. The Hall–Kier alpha value is -1.86. The Balaban J connectivity index is 1.32. The van der Waals surface area contributed by atoms with Crippen molar-refractivity contribution in [1.82, 2.24) is 9.88 Å². The molecule has 0 bridgehead atoms. The second-order valence-corrected chi connectivity index (χ2v) is 7.28. The highest BCUT2D eigenvalue weighted by atomic mass is 16.5. The quantitative estimate of drug-likeness (QED) is 0.894. The molecule has 4 rings (SSSR count). The van der Waals surface area contributed by atoms with Gasteiger partial charge >= 0.3 is 6.03 Å². The van der Waals surface area contributed by atoms with Gasteiger partial charge in [0.1, 0.15) is 0 Å². The van der Waals surface area contributed by atoms with E-state index in [1.807, 2.05) is 17.0 Å². The van der Waals surface area contributed by atoms with Crippen molar-refractivity contribution in [3.05, 3.63) is 18.3 Å². The van der Waals surface area contributed by atoms with Gasteiger partial charge < -0.3 is 24.6 Å². The molecule has 3 aliphatic rings. The Morgan fingerprint density at radius 1 is 1.12 bits per heavy atom. The van der Waals surface area contributed by atoms with E-state index >= 15 is 0 Å². The Bertz CT molecular complexity index is 609. The first-order valence-electron chi connectivity index (χ1n) is 9.79. The number of pyridine rings is 1. The van der Waals surface area contributed by atoms with Crippen molar-refractivity contribution in [3.63, 3.8) is 0 Å². The number of ether oxygens (including phenoxy) is 2. The van der Waals surface area contributed by atoms with Crippen molar-refractivity contribution in [2.24, 2.45) is 0 Å². The first kappa shape index (κ1) is 17.5. The number of piperidine rings is 1. The summed E-state index contributed by atoms with van der Waals surface area (Å²) in [6.45, 7) is 4.47. The molecular weight excluding hydrogens is 332 g/mol. The standard InChI is InChI=1S/C19H28N4O3/c24-19(23-9-6-16(7-10-23)26-15-3-1-4-15)21-17-5-2-8-20-18(17)22-11-13-25-14-12-22/h2,5,8,15-16H,1,3-4,6-7,9-14H2,(H,21,24). The van der Waals surface area contributed by atoms with E-state index in [9.17, 15) is 4.79 Å². The molecule has 7 nitrogen and oxygen atoms in total. The second kappa shape index (κ2) is 8.22. The molecule has 2 aliphatic heterocycles. The summed E-state index contributed by atoms with van der Waals surface area (Å²) in [5.74, 6) is 0.826. The van der Waals surface area contributed by atoms with Crippen LogP contribution in [0.25, 0.3) is 0 Å². The molecule has 0 spiro atoms. The van der Waals surface area contributed by atoms with Crippen molar-refractivity contribution in [3.8, 4) is 0 Å². The summed E-state index contributed by atoms with van der Waals surface area (Å²) >= 11 is 0. The number of nitrogens with zero attached hydrogens (tertiary/aromatic N) is 3. The molecule has 142 valence electrons. The lowest BCUT2D eigenvalue weighted by atomic mass is 9.95. The third kappa shape index (κ3) is 4.10. The molecule has 1 aliphatic carbocycles. The van der Waals surface area contributed by atoms with Gasteiger partial charge in [-0.15, -0.1) is 0 Å². The topological polar surface area (TPSA) is 66.9 Å². The van der Waals surface area contributed by atoms with E-state index in [1.54, 1.807) is 6.20 Å². The van der Waals surface area contributed by atoms with Crippen molar-refractivity contribution < 1.29 is 14.3 Å². The number of carbonyl (C=O) groups is 1. The van der Waals surface area contributed by atoms with Gasteiger partial charge in [-0.3, -0.25) is 0 Å². The van der Waals surface area contributed by atoms with Gasteiger partial charge in [-0.25, -0.2) is 9.78 Å². The number of carbonyl (C=O) groups excluding carboxylic acids is 1. The molecule has 2 saturated heterocycles. The van der Waals surface area contributed by atoms with Gasteiger partial charge in [-0.05, 0) is 44.2 Å². The Labute approximate surface area is 154 Å². The molecule has 1 aromatic heterocycles. The molecule has 2 amide bonds. The first-order valence-corrected chi connectivity index (χ1v) is 9.79. The number of nitrogens with one attached hydrogen (secondary N) is 1. The fourth-order valence-corrected chi connectivity index (χ4v) is 3.69. The van der Waals surface area contributed by atoms with Gasteiger partial charge in [-0.1, -0.05) is 0 Å². The minimum atomic E-state index is -0.0467. The molecule has 1 aromatic rings. The predicted octanol–water partition coefficient (Wildman–Crippen LogP) is 2.48. The number of morpholine rings is 1. The Morgan fingerprint density at radius 3 is 2.54 bits per heavy atom. The number of aromatic nitrogens is 1. The van der Waals surface area contributed by atoms with Crippen LogP contribution in [0.5, 0.6) is 0 Å². The largest absolute Gasteiger partial charge is 0.378 e. The van der Waals surface area contributed by atoms with Gasteiger partial charge in [-0.2, -0.15) is 0 Å². The van der Waals surface area contributed by atoms with Crippen molar-refractivity contribution in [2.45, 2.75) is 44.3 Å². The molecule has 0 unspecified atom stereocenters. The van der Waals surface area contributed by atoms with Gasteiger partial charge in [0.15, 0.2) is 5.82 Å². The van der Waals surface area contributed by atoms with Crippen LogP contribution < -0.4 is 10.2 Å². The zero-order valence-corrected chi connectivity index (χ0v) is 15.2. The summed E-state index contributed by atoms with van der Waals surface area (Å²) in [7, 11) is 0. The van der Waals surface area contributed by atoms with Crippen LogP contribution in [0.2, 0.25) is 0 Å². The first-order chi connectivity index (χ1) is 12.8. The van der Waals surface area contributed by atoms with E-state index < -0.39 is 0 Å². The molecule has 7 heteroatoms. The van der Waals surface area contributed by atoms with E-state index in [2.05, 4.69) is 15.2 Å². The van der Waals surface area contributed by atoms with Crippen LogP contribution in [0.4, 0.5) is 16.3 Å². The molecule has 3 fully saturated rings. The van der Waals surface area contributed by atoms with E-state index in [0.717, 1.165) is 50.5 Å². The molecular formula is C19H28N4O3. The molecule has 26 heavy (non-hydrogen) atoms. The molecule has 3 heterocycles. The highest BCUT2D eigenvalue weighted by Crippen LogP contribution is 2.27. The SMILES string of the molecule is O=C(Nc1cccnc1N1CCOCC1)N1CCC(OC2CCC2)CC1. The van der Waals surface area contributed by atoms with Crippen LogP contribution in [0.1, 0.15) is 32.1 Å². The van der Waals surface area contributed by atoms with Crippen LogP contribution in [0.3, 0.4) is 0 Å². The third-order valence-electron chi connectivity index (χ3n) is 5.51. The van der Waals surface area contributed by atoms with Gasteiger partial charge in [0.05, 0.1) is 31.1 Å². The van der Waals surface area contributed by atoms with Crippen molar-refractivity contribution in [1.29, 1.82) is 0 Å². The highest BCUT2D eigenvalue weighted by molar-refractivity contribution is 5.92. The lowest BCUT2D eigenvalue weighted by molar-refractivity contribution is -0.0694. The molecule has 0 radical (unpaired) electrons. The van der Waals surface area contributed by atoms with Gasteiger partial charge in [0, 0.05) is 32.4 Å². The summed E-state index contributed by atoms with van der Waals surface area (Å²) in [6, 6.07) is 3.73. The average molecular weight is 360 g/mol. The smallest absolute Gasteiger partial charge is 0.321 e. The number of likely N-dealkylation sites (tertiary alicyclic amines) is 1. The summed E-state index contributed by atoms with van der Waals surface area (Å²) in [4.78, 5) is 21.2. The summed E-state index contributed by atoms with van der Waals surface area (Å²) < 4.78 is 11.5. The highest BCUT2D eigenvalue weighted by Gasteiger charge is 2.28. The average Bonchev–Trinajstić information content (AvgIpc) is 2.66. The maximum Gasteiger partial charge on any atom is 0.321 e. The molecule has 0 atom stereocenters. The minimum Gasteiger partial charge on any atom is -0.378 e. The van der Waals surface area contributed by atoms with E-state index in [-0.39, 0.29) is 6.03 Å². The minimum absolute atomic E-state index is 0.0467. The number of amides is 2. The summed E-state index contributed by atoms with van der Waals surface area (Å²) in [5.41, 5.74) is 0.771. The zero-order chi connectivity index (χ0) is 17.8. The third-order valence-corrected chi connectivity index (χ3v) is 5.51. The van der Waals surface area contributed by atoms with Crippen LogP contribution in [0.15, 0.2) is 18.3 Å². The second-order valence-electron chi connectivity index (χ2n) is 7.28. The van der Waals surface area contributed by atoms with Crippen LogP contribution >= 0.6 is 0 Å². The Kier molecular flexibility index (Phi) is 5.55. The Morgan fingerprint density at radius 2 is 1.85 bits per heavy atom. The van der Waals surface area contributed by atoms with E-state index in [1.165, 1.54) is 19.3 Å². The van der Waals surface area contributed by atoms with Crippen LogP contribution in [0, 0.1) is 0 Å². The lowest BCUT2D eigenvalue weighted by Gasteiger charge is -2.36. The fraction of sp³-hybridized carbons (Fsp3) is 0.684. The number of urea groups is 1. The van der Waals surface area contributed by atoms with Crippen molar-refractivity contribution in [2.75, 3.05) is 49.6 Å².